The van der Waals surface area contributed by atoms with Gasteiger partial charge in [0.25, 0.3) is 0 Å². The molecular formula is C16H16BrNO3S. The molecule has 116 valence electrons. The van der Waals surface area contributed by atoms with Crippen LogP contribution in [-0.2, 0) is 23.0 Å². The number of methoxy groups -OCH3 is 1. The maximum absolute atomic E-state index is 12.8. The number of hydrogen-bond acceptors (Lipinski definition) is 3. The summed E-state index contributed by atoms with van der Waals surface area (Å²) in [7, 11) is -1.92. The first kappa shape index (κ1) is 15.5. The number of rotatable bonds is 3. The summed E-state index contributed by atoms with van der Waals surface area (Å²) in [5.41, 5.74) is 2.25. The van der Waals surface area contributed by atoms with Crippen molar-refractivity contribution in [3.05, 3.63) is 58.1 Å². The predicted molar refractivity (Wildman–Crippen MR) is 88.4 cm³/mol. The summed E-state index contributed by atoms with van der Waals surface area (Å²) in [5.74, 6) is 0.645. The molecule has 4 nitrogen and oxygen atoms in total. The number of nitrogens with zero attached hydrogens (tertiary/aromatic N) is 1. The van der Waals surface area contributed by atoms with Crippen molar-refractivity contribution < 1.29 is 13.2 Å². The molecule has 0 aliphatic carbocycles. The Labute approximate surface area is 138 Å². The lowest BCUT2D eigenvalue weighted by Crippen LogP contribution is -2.36. The van der Waals surface area contributed by atoms with Crippen molar-refractivity contribution in [2.24, 2.45) is 0 Å². The van der Waals surface area contributed by atoms with Gasteiger partial charge in [0.2, 0.25) is 10.0 Å². The molecule has 6 heteroatoms. The Kier molecular flexibility index (Phi) is 4.25. The maximum Gasteiger partial charge on any atom is 0.243 e. The Hall–Kier alpha value is -1.37. The zero-order valence-electron chi connectivity index (χ0n) is 12.1. The van der Waals surface area contributed by atoms with Gasteiger partial charge in [0.15, 0.2) is 0 Å². The summed E-state index contributed by atoms with van der Waals surface area (Å²) in [5, 5.41) is 0. The van der Waals surface area contributed by atoms with Crippen LogP contribution in [-0.4, -0.2) is 26.4 Å². The van der Waals surface area contributed by atoms with E-state index in [1.165, 1.54) is 9.87 Å². The highest BCUT2D eigenvalue weighted by molar-refractivity contribution is 9.10. The van der Waals surface area contributed by atoms with E-state index in [1.807, 2.05) is 18.2 Å². The van der Waals surface area contributed by atoms with Gasteiger partial charge in [-0.2, -0.15) is 4.31 Å². The fourth-order valence-corrected chi connectivity index (χ4v) is 4.66. The fraction of sp³-hybridized carbons (Fsp3) is 0.250. The molecule has 0 saturated heterocycles. The SMILES string of the molecule is COc1ccc(S(=O)(=O)N2CCc3c(Br)cccc3C2)cc1. The molecule has 22 heavy (non-hydrogen) atoms. The lowest BCUT2D eigenvalue weighted by molar-refractivity contribution is 0.390. The molecule has 0 saturated carbocycles. The highest BCUT2D eigenvalue weighted by Gasteiger charge is 2.28. The van der Waals surface area contributed by atoms with E-state index in [-0.39, 0.29) is 0 Å². The minimum atomic E-state index is -3.48. The highest BCUT2D eigenvalue weighted by atomic mass is 79.9. The second-order valence-corrected chi connectivity index (χ2v) is 7.93. The van der Waals surface area contributed by atoms with Gasteiger partial charge in [-0.15, -0.1) is 0 Å². The van der Waals surface area contributed by atoms with E-state index in [0.717, 1.165) is 10.0 Å². The van der Waals surface area contributed by atoms with Crippen LogP contribution in [0.15, 0.2) is 51.8 Å². The van der Waals surface area contributed by atoms with E-state index in [2.05, 4.69) is 15.9 Å². The molecule has 2 aromatic carbocycles. The normalized spacial score (nSPS) is 15.4. The standard InChI is InChI=1S/C16H16BrNO3S/c1-21-13-5-7-14(8-6-13)22(19,20)18-10-9-15-12(11-18)3-2-4-16(15)17/h2-8H,9-11H2,1H3. The van der Waals surface area contributed by atoms with Gasteiger partial charge >= 0.3 is 0 Å². The Balaban J connectivity index is 1.90. The zero-order chi connectivity index (χ0) is 15.7. The molecule has 0 amide bonds. The van der Waals surface area contributed by atoms with Gasteiger partial charge in [-0.05, 0) is 47.9 Å². The lowest BCUT2D eigenvalue weighted by atomic mass is 10.0. The van der Waals surface area contributed by atoms with Crippen molar-refractivity contribution in [1.29, 1.82) is 0 Å². The van der Waals surface area contributed by atoms with Crippen LogP contribution in [0.3, 0.4) is 0 Å². The highest BCUT2D eigenvalue weighted by Crippen LogP contribution is 2.29. The van der Waals surface area contributed by atoms with Crippen LogP contribution in [0.25, 0.3) is 0 Å². The van der Waals surface area contributed by atoms with Gasteiger partial charge in [0.05, 0.1) is 12.0 Å². The van der Waals surface area contributed by atoms with Crippen LogP contribution in [0.2, 0.25) is 0 Å². The zero-order valence-corrected chi connectivity index (χ0v) is 14.5. The van der Waals surface area contributed by atoms with Crippen molar-refractivity contribution in [3.8, 4) is 5.75 Å². The van der Waals surface area contributed by atoms with Crippen LogP contribution in [0, 0.1) is 0 Å². The van der Waals surface area contributed by atoms with Gasteiger partial charge < -0.3 is 4.74 Å². The lowest BCUT2D eigenvalue weighted by Gasteiger charge is -2.28. The first-order valence-corrected chi connectivity index (χ1v) is 9.16. The Morgan fingerprint density at radius 2 is 1.86 bits per heavy atom. The molecule has 1 aliphatic rings. The molecule has 1 heterocycles. The van der Waals surface area contributed by atoms with Crippen molar-refractivity contribution >= 4 is 26.0 Å². The van der Waals surface area contributed by atoms with E-state index in [9.17, 15) is 8.42 Å². The molecule has 0 atom stereocenters. The molecule has 0 unspecified atom stereocenters. The molecule has 0 aromatic heterocycles. The number of halogens is 1. The van der Waals surface area contributed by atoms with Crippen LogP contribution in [0.5, 0.6) is 5.75 Å². The van der Waals surface area contributed by atoms with Crippen molar-refractivity contribution in [2.75, 3.05) is 13.7 Å². The summed E-state index contributed by atoms with van der Waals surface area (Å²) in [6, 6.07) is 12.4. The number of benzene rings is 2. The predicted octanol–water partition coefficient (Wildman–Crippen LogP) is 3.20. The van der Waals surface area contributed by atoms with E-state index in [4.69, 9.17) is 4.74 Å². The van der Waals surface area contributed by atoms with Gasteiger partial charge in [-0.1, -0.05) is 28.1 Å². The molecule has 0 radical (unpaired) electrons. The third-order valence-electron chi connectivity index (χ3n) is 3.87. The Morgan fingerprint density at radius 1 is 1.14 bits per heavy atom. The number of fused-ring (bicyclic) bond motifs is 1. The third-order valence-corrected chi connectivity index (χ3v) is 6.47. The topological polar surface area (TPSA) is 46.6 Å². The molecule has 0 fully saturated rings. The third kappa shape index (κ3) is 2.78. The fourth-order valence-electron chi connectivity index (χ4n) is 2.64. The van der Waals surface area contributed by atoms with E-state index < -0.39 is 10.0 Å². The van der Waals surface area contributed by atoms with Crippen LogP contribution in [0.1, 0.15) is 11.1 Å². The quantitative estimate of drug-likeness (QED) is 0.819. The van der Waals surface area contributed by atoms with Crippen LogP contribution >= 0.6 is 15.9 Å². The van der Waals surface area contributed by atoms with E-state index >= 15 is 0 Å². The second kappa shape index (κ2) is 6.02. The smallest absolute Gasteiger partial charge is 0.243 e. The minimum Gasteiger partial charge on any atom is -0.497 e. The van der Waals surface area contributed by atoms with Crippen LogP contribution in [0.4, 0.5) is 0 Å². The molecule has 0 N–H and O–H groups in total. The molecule has 3 rings (SSSR count). The minimum absolute atomic E-state index is 0.298. The van der Waals surface area contributed by atoms with Crippen molar-refractivity contribution in [2.45, 2.75) is 17.9 Å². The largest absolute Gasteiger partial charge is 0.497 e. The van der Waals surface area contributed by atoms with E-state index in [1.54, 1.807) is 31.4 Å². The van der Waals surface area contributed by atoms with Crippen LogP contribution < -0.4 is 4.74 Å². The first-order chi connectivity index (χ1) is 10.5. The monoisotopic (exact) mass is 381 g/mol. The van der Waals surface area contributed by atoms with Gasteiger partial charge in [-0.25, -0.2) is 8.42 Å². The van der Waals surface area contributed by atoms with Crippen molar-refractivity contribution in [1.82, 2.24) is 4.31 Å². The number of ether oxygens (including phenoxy) is 1. The summed E-state index contributed by atoms with van der Waals surface area (Å²) < 4.78 is 33.2. The average Bonchev–Trinajstić information content (AvgIpc) is 2.55. The van der Waals surface area contributed by atoms with Gasteiger partial charge in [-0.3, -0.25) is 0 Å². The first-order valence-electron chi connectivity index (χ1n) is 6.93. The summed E-state index contributed by atoms with van der Waals surface area (Å²) in [6.45, 7) is 0.896. The summed E-state index contributed by atoms with van der Waals surface area (Å²) in [4.78, 5) is 0.298. The summed E-state index contributed by atoms with van der Waals surface area (Å²) in [6.07, 6.45) is 0.714. The van der Waals surface area contributed by atoms with Crippen molar-refractivity contribution in [3.63, 3.8) is 0 Å². The molecular weight excluding hydrogens is 366 g/mol. The second-order valence-electron chi connectivity index (χ2n) is 5.14. The van der Waals surface area contributed by atoms with Gasteiger partial charge in [0, 0.05) is 17.6 Å². The number of sulfonamides is 1. The van der Waals surface area contributed by atoms with Gasteiger partial charge in [0.1, 0.15) is 5.75 Å². The Morgan fingerprint density at radius 3 is 2.55 bits per heavy atom. The Bertz CT molecular complexity index is 788. The summed E-state index contributed by atoms with van der Waals surface area (Å²) >= 11 is 3.53. The molecule has 1 aliphatic heterocycles. The molecule has 0 bridgehead atoms. The molecule has 2 aromatic rings. The number of hydrogen-bond donors (Lipinski definition) is 0. The molecule has 0 spiro atoms. The average molecular weight is 382 g/mol. The maximum atomic E-state index is 12.8. The van der Waals surface area contributed by atoms with E-state index in [0.29, 0.717) is 30.2 Å².